The van der Waals surface area contributed by atoms with E-state index < -0.39 is 9.84 Å². The molecule has 0 aliphatic heterocycles. The SMILES string of the molecule is CCS(=O)(=O)CCOc1cccc(O)c1N. The van der Waals surface area contributed by atoms with E-state index >= 15 is 0 Å². The van der Waals surface area contributed by atoms with Crippen LogP contribution in [0.5, 0.6) is 11.5 Å². The molecule has 0 saturated carbocycles. The zero-order valence-corrected chi connectivity index (χ0v) is 9.83. The minimum absolute atomic E-state index is 0.0316. The second-order valence-electron chi connectivity index (χ2n) is 3.27. The predicted molar refractivity (Wildman–Crippen MR) is 62.3 cm³/mol. The maximum Gasteiger partial charge on any atom is 0.153 e. The molecule has 0 heterocycles. The van der Waals surface area contributed by atoms with Crippen molar-refractivity contribution in [3.63, 3.8) is 0 Å². The fourth-order valence-corrected chi connectivity index (χ4v) is 1.71. The van der Waals surface area contributed by atoms with E-state index in [0.717, 1.165) is 0 Å². The van der Waals surface area contributed by atoms with Crippen molar-refractivity contribution in [1.29, 1.82) is 0 Å². The van der Waals surface area contributed by atoms with Gasteiger partial charge in [-0.05, 0) is 12.1 Å². The molecule has 1 rings (SSSR count). The molecule has 3 N–H and O–H groups in total. The third kappa shape index (κ3) is 3.30. The van der Waals surface area contributed by atoms with Gasteiger partial charge in [-0.15, -0.1) is 0 Å². The van der Waals surface area contributed by atoms with Gasteiger partial charge in [-0.25, -0.2) is 8.42 Å². The molecule has 16 heavy (non-hydrogen) atoms. The van der Waals surface area contributed by atoms with Crippen LogP contribution in [0, 0.1) is 0 Å². The van der Waals surface area contributed by atoms with Crippen LogP contribution in [-0.2, 0) is 9.84 Å². The van der Waals surface area contributed by atoms with Gasteiger partial charge in [0, 0.05) is 5.75 Å². The Kier molecular flexibility index (Phi) is 4.00. The first-order valence-electron chi connectivity index (χ1n) is 4.87. The predicted octanol–water partition coefficient (Wildman–Crippen LogP) is 0.788. The quantitative estimate of drug-likeness (QED) is 0.591. The van der Waals surface area contributed by atoms with E-state index in [1.807, 2.05) is 0 Å². The van der Waals surface area contributed by atoms with E-state index in [1.165, 1.54) is 6.07 Å². The van der Waals surface area contributed by atoms with Gasteiger partial charge in [0.05, 0.1) is 5.75 Å². The summed E-state index contributed by atoms with van der Waals surface area (Å²) < 4.78 is 27.6. The summed E-state index contributed by atoms with van der Waals surface area (Å²) in [5, 5.41) is 9.28. The molecular weight excluding hydrogens is 230 g/mol. The highest BCUT2D eigenvalue weighted by molar-refractivity contribution is 7.91. The summed E-state index contributed by atoms with van der Waals surface area (Å²) in [7, 11) is -3.04. The monoisotopic (exact) mass is 245 g/mol. The molecule has 0 aliphatic carbocycles. The number of para-hydroxylation sites is 1. The number of benzene rings is 1. The van der Waals surface area contributed by atoms with Gasteiger partial charge in [-0.1, -0.05) is 13.0 Å². The highest BCUT2D eigenvalue weighted by Crippen LogP contribution is 2.29. The summed E-state index contributed by atoms with van der Waals surface area (Å²) >= 11 is 0. The molecule has 0 atom stereocenters. The van der Waals surface area contributed by atoms with Gasteiger partial charge in [0.2, 0.25) is 0 Å². The molecule has 0 amide bonds. The Balaban J connectivity index is 2.59. The standard InChI is InChI=1S/C10H15NO4S/c1-2-16(13,14)7-6-15-9-5-3-4-8(12)10(9)11/h3-5,12H,2,6-7,11H2,1H3. The Hall–Kier alpha value is -1.43. The molecule has 1 aromatic rings. The summed E-state index contributed by atoms with van der Waals surface area (Å²) in [5.74, 6) is 0.256. The van der Waals surface area contributed by atoms with Gasteiger partial charge < -0.3 is 15.6 Å². The average Bonchev–Trinajstić information content (AvgIpc) is 2.24. The second kappa shape index (κ2) is 5.07. The van der Waals surface area contributed by atoms with Crippen LogP contribution in [-0.4, -0.2) is 31.6 Å². The lowest BCUT2D eigenvalue weighted by Crippen LogP contribution is -2.15. The molecule has 0 saturated heterocycles. The Morgan fingerprint density at radius 1 is 1.44 bits per heavy atom. The summed E-state index contributed by atoms with van der Waals surface area (Å²) in [6, 6.07) is 4.59. The molecule has 0 bridgehead atoms. The van der Waals surface area contributed by atoms with Crippen LogP contribution in [0.15, 0.2) is 18.2 Å². The lowest BCUT2D eigenvalue weighted by molar-refractivity contribution is 0.340. The number of nitrogens with two attached hydrogens (primary N) is 1. The fraction of sp³-hybridized carbons (Fsp3) is 0.400. The van der Waals surface area contributed by atoms with E-state index in [2.05, 4.69) is 0 Å². The van der Waals surface area contributed by atoms with Crippen LogP contribution >= 0.6 is 0 Å². The van der Waals surface area contributed by atoms with Gasteiger partial charge >= 0.3 is 0 Å². The van der Waals surface area contributed by atoms with Crippen molar-refractivity contribution in [2.45, 2.75) is 6.92 Å². The molecule has 0 unspecified atom stereocenters. The third-order valence-corrected chi connectivity index (χ3v) is 3.80. The number of hydrogen-bond donors (Lipinski definition) is 2. The average molecular weight is 245 g/mol. The number of phenols is 1. The maximum absolute atomic E-state index is 11.2. The number of sulfone groups is 1. The summed E-state index contributed by atoms with van der Waals surface area (Å²) in [4.78, 5) is 0. The van der Waals surface area contributed by atoms with Crippen LogP contribution in [0.25, 0.3) is 0 Å². The van der Waals surface area contributed by atoms with Crippen molar-refractivity contribution in [3.8, 4) is 11.5 Å². The molecule has 0 aliphatic rings. The molecular formula is C10H15NO4S. The second-order valence-corrected chi connectivity index (χ2v) is 5.75. The first kappa shape index (κ1) is 12.6. The minimum Gasteiger partial charge on any atom is -0.506 e. The van der Waals surface area contributed by atoms with Crippen LogP contribution in [0.3, 0.4) is 0 Å². The molecule has 0 spiro atoms. The lowest BCUT2D eigenvalue weighted by atomic mass is 10.3. The van der Waals surface area contributed by atoms with Crippen LogP contribution < -0.4 is 10.5 Å². The molecule has 0 radical (unpaired) electrons. The van der Waals surface area contributed by atoms with Crippen molar-refractivity contribution < 1.29 is 18.3 Å². The van der Waals surface area contributed by atoms with E-state index in [9.17, 15) is 13.5 Å². The van der Waals surface area contributed by atoms with Gasteiger partial charge in [0.1, 0.15) is 23.8 Å². The Morgan fingerprint density at radius 2 is 2.12 bits per heavy atom. The zero-order valence-electron chi connectivity index (χ0n) is 9.01. The highest BCUT2D eigenvalue weighted by atomic mass is 32.2. The number of nitrogen functional groups attached to an aromatic ring is 1. The van der Waals surface area contributed by atoms with Gasteiger partial charge in [-0.2, -0.15) is 0 Å². The molecule has 90 valence electrons. The van der Waals surface area contributed by atoms with Crippen LogP contribution in [0.1, 0.15) is 6.92 Å². The van der Waals surface area contributed by atoms with Crippen LogP contribution in [0.4, 0.5) is 5.69 Å². The lowest BCUT2D eigenvalue weighted by Gasteiger charge is -2.09. The van der Waals surface area contributed by atoms with Crippen molar-refractivity contribution in [2.75, 3.05) is 23.8 Å². The molecule has 5 nitrogen and oxygen atoms in total. The molecule has 1 aromatic carbocycles. The first-order chi connectivity index (χ1) is 7.46. The largest absolute Gasteiger partial charge is 0.506 e. The van der Waals surface area contributed by atoms with Crippen molar-refractivity contribution in [3.05, 3.63) is 18.2 Å². The topological polar surface area (TPSA) is 89.6 Å². The third-order valence-electron chi connectivity index (χ3n) is 2.13. The summed E-state index contributed by atoms with van der Waals surface area (Å²) in [6.07, 6.45) is 0. The minimum atomic E-state index is -3.04. The summed E-state index contributed by atoms with van der Waals surface area (Å²) in [6.45, 7) is 1.61. The highest BCUT2D eigenvalue weighted by Gasteiger charge is 2.09. The van der Waals surface area contributed by atoms with E-state index in [4.69, 9.17) is 10.5 Å². The maximum atomic E-state index is 11.2. The fourth-order valence-electron chi connectivity index (χ4n) is 1.08. The number of ether oxygens (including phenoxy) is 1. The van der Waals surface area contributed by atoms with E-state index in [-0.39, 0.29) is 29.5 Å². The van der Waals surface area contributed by atoms with Crippen LogP contribution in [0.2, 0.25) is 0 Å². The first-order valence-corrected chi connectivity index (χ1v) is 6.69. The van der Waals surface area contributed by atoms with E-state index in [0.29, 0.717) is 5.75 Å². The van der Waals surface area contributed by atoms with Gasteiger partial charge in [0.25, 0.3) is 0 Å². The van der Waals surface area contributed by atoms with Gasteiger partial charge in [-0.3, -0.25) is 0 Å². The van der Waals surface area contributed by atoms with E-state index in [1.54, 1.807) is 19.1 Å². The van der Waals surface area contributed by atoms with Gasteiger partial charge in [0.15, 0.2) is 9.84 Å². The summed E-state index contributed by atoms with van der Waals surface area (Å²) in [5.41, 5.74) is 5.66. The van der Waals surface area contributed by atoms with Crippen molar-refractivity contribution >= 4 is 15.5 Å². The van der Waals surface area contributed by atoms with Crippen molar-refractivity contribution in [1.82, 2.24) is 0 Å². The number of anilines is 1. The molecule has 0 aromatic heterocycles. The van der Waals surface area contributed by atoms with Crippen molar-refractivity contribution in [2.24, 2.45) is 0 Å². The Morgan fingerprint density at radius 3 is 2.75 bits per heavy atom. The number of rotatable bonds is 5. The Bertz CT molecular complexity index is 456. The molecule has 0 fully saturated rings. The normalized spacial score (nSPS) is 11.3. The number of hydrogen-bond acceptors (Lipinski definition) is 5. The zero-order chi connectivity index (χ0) is 12.2. The smallest absolute Gasteiger partial charge is 0.153 e. The Labute approximate surface area is 94.8 Å². The number of aromatic hydroxyl groups is 1. The number of phenolic OH excluding ortho intramolecular Hbond substituents is 1. The molecule has 6 heteroatoms.